The fourth-order valence-electron chi connectivity index (χ4n) is 4.44. The summed E-state index contributed by atoms with van der Waals surface area (Å²) < 4.78 is 5.62. The van der Waals surface area contributed by atoms with Crippen molar-refractivity contribution in [3.63, 3.8) is 0 Å². The van der Waals surface area contributed by atoms with Crippen LogP contribution in [0, 0.1) is 6.92 Å². The molecule has 2 heterocycles. The zero-order valence-corrected chi connectivity index (χ0v) is 17.6. The first-order valence-corrected chi connectivity index (χ1v) is 10.7. The molecule has 0 spiro atoms. The first-order chi connectivity index (χ1) is 15.7. The van der Waals surface area contributed by atoms with Crippen molar-refractivity contribution in [2.45, 2.75) is 6.92 Å². The number of rotatable bonds is 3. The van der Waals surface area contributed by atoms with Crippen molar-refractivity contribution < 1.29 is 0 Å². The Morgan fingerprint density at radius 3 is 1.50 bits per heavy atom. The number of aryl methyl sites for hydroxylation is 1. The number of para-hydroxylation sites is 2. The fourth-order valence-corrected chi connectivity index (χ4v) is 4.44. The van der Waals surface area contributed by atoms with Crippen molar-refractivity contribution in [1.82, 2.24) is 13.7 Å². The molecule has 0 unspecified atom stereocenters. The Morgan fingerprint density at radius 2 is 0.969 bits per heavy atom. The van der Waals surface area contributed by atoms with Gasteiger partial charge >= 0.3 is 5.69 Å². The van der Waals surface area contributed by atoms with Crippen LogP contribution in [0.25, 0.3) is 38.9 Å². The van der Waals surface area contributed by atoms with Crippen LogP contribution in [0.15, 0.2) is 114 Å². The quantitative estimate of drug-likeness (QED) is 0.347. The maximum Gasteiger partial charge on any atom is 0.337 e. The van der Waals surface area contributed by atoms with Gasteiger partial charge in [0, 0.05) is 28.9 Å². The van der Waals surface area contributed by atoms with Crippen LogP contribution >= 0.6 is 0 Å². The zero-order valence-electron chi connectivity index (χ0n) is 17.6. The highest BCUT2D eigenvalue weighted by molar-refractivity contribution is 6.09. The summed E-state index contributed by atoms with van der Waals surface area (Å²) in [7, 11) is 0. The third kappa shape index (κ3) is 2.81. The molecule has 32 heavy (non-hydrogen) atoms. The van der Waals surface area contributed by atoms with Crippen LogP contribution in [-0.2, 0) is 0 Å². The van der Waals surface area contributed by atoms with E-state index in [1.807, 2.05) is 55.7 Å². The molecule has 2 aromatic heterocycles. The summed E-state index contributed by atoms with van der Waals surface area (Å²) in [5.41, 5.74) is 6.19. The van der Waals surface area contributed by atoms with E-state index >= 15 is 0 Å². The van der Waals surface area contributed by atoms with Gasteiger partial charge in [-0.15, -0.1) is 0 Å². The van der Waals surface area contributed by atoms with Gasteiger partial charge in [0.1, 0.15) is 0 Å². The molecule has 0 bridgehead atoms. The van der Waals surface area contributed by atoms with Crippen molar-refractivity contribution in [3.8, 4) is 17.1 Å². The van der Waals surface area contributed by atoms with E-state index < -0.39 is 0 Å². The summed E-state index contributed by atoms with van der Waals surface area (Å²) >= 11 is 0. The van der Waals surface area contributed by atoms with Gasteiger partial charge < -0.3 is 4.57 Å². The van der Waals surface area contributed by atoms with E-state index in [9.17, 15) is 4.79 Å². The van der Waals surface area contributed by atoms with Gasteiger partial charge in [0.15, 0.2) is 0 Å². The minimum atomic E-state index is -0.0848. The molecular weight excluding hydrogens is 394 g/mol. The van der Waals surface area contributed by atoms with Gasteiger partial charge in [-0.3, -0.25) is 9.13 Å². The lowest BCUT2D eigenvalue weighted by Gasteiger charge is -2.09. The van der Waals surface area contributed by atoms with E-state index in [4.69, 9.17) is 0 Å². The number of nitrogens with zero attached hydrogens (tertiary/aromatic N) is 3. The first kappa shape index (κ1) is 18.5. The van der Waals surface area contributed by atoms with E-state index in [-0.39, 0.29) is 5.69 Å². The smallest absolute Gasteiger partial charge is 0.309 e. The van der Waals surface area contributed by atoms with Crippen molar-refractivity contribution >= 4 is 21.8 Å². The molecule has 0 amide bonds. The molecule has 0 saturated heterocycles. The Morgan fingerprint density at radius 1 is 0.531 bits per heavy atom. The van der Waals surface area contributed by atoms with Gasteiger partial charge in [0.25, 0.3) is 0 Å². The van der Waals surface area contributed by atoms with Crippen LogP contribution in [0.3, 0.4) is 0 Å². The van der Waals surface area contributed by atoms with E-state index in [1.165, 1.54) is 27.4 Å². The van der Waals surface area contributed by atoms with E-state index in [1.54, 1.807) is 9.13 Å². The molecular formula is C28H21N3O. The molecule has 0 fully saturated rings. The van der Waals surface area contributed by atoms with Crippen molar-refractivity contribution in [2.75, 3.05) is 0 Å². The fraction of sp³-hybridized carbons (Fsp3) is 0.0357. The van der Waals surface area contributed by atoms with Crippen LogP contribution < -0.4 is 5.69 Å². The molecule has 6 rings (SSSR count). The van der Waals surface area contributed by atoms with Crippen molar-refractivity contribution in [3.05, 3.63) is 126 Å². The van der Waals surface area contributed by atoms with E-state index in [2.05, 4.69) is 65.2 Å². The number of aromatic nitrogens is 3. The first-order valence-electron chi connectivity index (χ1n) is 10.7. The monoisotopic (exact) mass is 415 g/mol. The third-order valence-electron chi connectivity index (χ3n) is 6.06. The normalized spacial score (nSPS) is 11.4. The number of benzene rings is 4. The molecule has 4 heteroatoms. The lowest BCUT2D eigenvalue weighted by molar-refractivity contribution is 0.908. The predicted octanol–water partition coefficient (Wildman–Crippen LogP) is 6.03. The predicted molar refractivity (Wildman–Crippen MR) is 130 cm³/mol. The maximum absolute atomic E-state index is 13.0. The standard InChI is InChI=1S/C28H21N3O/c1-20-10-12-21(13-11-20)29-18-19-30(28(29)32)22-14-16-23(17-15-22)31-26-8-4-2-6-24(26)25-7-3-5-9-27(25)31/h2-19H,1H3. The maximum atomic E-state index is 13.0. The van der Waals surface area contributed by atoms with Crippen LogP contribution in [-0.4, -0.2) is 13.7 Å². The van der Waals surface area contributed by atoms with E-state index in [0.29, 0.717) is 0 Å². The minimum Gasteiger partial charge on any atom is -0.309 e. The van der Waals surface area contributed by atoms with Gasteiger partial charge in [-0.2, -0.15) is 0 Å². The van der Waals surface area contributed by atoms with Crippen molar-refractivity contribution in [1.29, 1.82) is 0 Å². The Kier molecular flexibility index (Phi) is 4.12. The molecule has 4 aromatic carbocycles. The van der Waals surface area contributed by atoms with Crippen molar-refractivity contribution in [2.24, 2.45) is 0 Å². The van der Waals surface area contributed by atoms with Gasteiger partial charge in [-0.05, 0) is 55.5 Å². The molecule has 0 atom stereocenters. The SMILES string of the molecule is Cc1ccc(-n2ccn(-c3ccc(-n4c5ccccc5c5ccccc54)cc3)c2=O)cc1. The van der Waals surface area contributed by atoms with Gasteiger partial charge in [0.05, 0.1) is 22.4 Å². The van der Waals surface area contributed by atoms with E-state index in [0.717, 1.165) is 17.1 Å². The summed E-state index contributed by atoms with van der Waals surface area (Å²) in [5.74, 6) is 0. The molecule has 154 valence electrons. The average Bonchev–Trinajstić information content (AvgIpc) is 3.38. The zero-order chi connectivity index (χ0) is 21.7. The lowest BCUT2D eigenvalue weighted by atomic mass is 10.2. The Hall–Kier alpha value is -4.31. The minimum absolute atomic E-state index is 0.0848. The number of fused-ring (bicyclic) bond motifs is 3. The highest BCUT2D eigenvalue weighted by Gasteiger charge is 2.12. The number of hydrogen-bond acceptors (Lipinski definition) is 1. The largest absolute Gasteiger partial charge is 0.337 e. The Balaban J connectivity index is 1.44. The summed E-state index contributed by atoms with van der Waals surface area (Å²) in [5, 5.41) is 2.47. The highest BCUT2D eigenvalue weighted by atomic mass is 16.1. The number of hydrogen-bond donors (Lipinski definition) is 0. The Labute approximate surface area is 185 Å². The van der Waals surface area contributed by atoms with Gasteiger partial charge in [-0.25, -0.2) is 4.79 Å². The molecule has 0 aliphatic heterocycles. The molecule has 0 N–H and O–H groups in total. The summed E-state index contributed by atoms with van der Waals surface area (Å²) in [4.78, 5) is 13.0. The molecule has 0 aliphatic carbocycles. The lowest BCUT2D eigenvalue weighted by Crippen LogP contribution is -2.21. The van der Waals surface area contributed by atoms with Crippen LogP contribution in [0.4, 0.5) is 0 Å². The van der Waals surface area contributed by atoms with Gasteiger partial charge in [-0.1, -0.05) is 54.1 Å². The molecule has 0 saturated carbocycles. The highest BCUT2D eigenvalue weighted by Crippen LogP contribution is 2.31. The topological polar surface area (TPSA) is 31.9 Å². The second-order valence-corrected chi connectivity index (χ2v) is 8.04. The third-order valence-corrected chi connectivity index (χ3v) is 6.06. The van der Waals surface area contributed by atoms with Gasteiger partial charge in [0.2, 0.25) is 0 Å². The Bertz CT molecular complexity index is 1580. The molecule has 0 aliphatic rings. The molecule has 6 aromatic rings. The second kappa shape index (κ2) is 7.13. The van der Waals surface area contributed by atoms with Crippen LogP contribution in [0.1, 0.15) is 5.56 Å². The summed E-state index contributed by atoms with van der Waals surface area (Å²) in [6, 6.07) is 33.0. The molecule has 4 nitrogen and oxygen atoms in total. The second-order valence-electron chi connectivity index (χ2n) is 8.04. The average molecular weight is 415 g/mol. The van der Waals surface area contributed by atoms with Crippen LogP contribution in [0.2, 0.25) is 0 Å². The summed E-state index contributed by atoms with van der Waals surface area (Å²) in [6.45, 7) is 2.04. The summed E-state index contributed by atoms with van der Waals surface area (Å²) in [6.07, 6.45) is 3.63. The number of imidazole rings is 1. The van der Waals surface area contributed by atoms with Crippen LogP contribution in [0.5, 0.6) is 0 Å². The molecule has 0 radical (unpaired) electrons.